The Morgan fingerprint density at radius 3 is 2.32 bits per heavy atom. The fraction of sp³-hybridized carbons (Fsp3) is 1.00. The highest BCUT2D eigenvalue weighted by Crippen LogP contribution is 2.49. The summed E-state index contributed by atoms with van der Waals surface area (Å²) >= 11 is 0. The topological polar surface area (TPSA) is 41.7 Å². The van der Waals surface area contributed by atoms with Crippen LogP contribution in [0, 0.1) is 5.41 Å². The Morgan fingerprint density at radius 2 is 1.84 bits per heavy atom. The van der Waals surface area contributed by atoms with Crippen molar-refractivity contribution in [3.63, 3.8) is 0 Å². The average Bonchev–Trinajstić information content (AvgIpc) is 2.28. The summed E-state index contributed by atoms with van der Waals surface area (Å²) in [5.41, 5.74) is 6.56. The molecule has 4 nitrogen and oxygen atoms in total. The van der Waals surface area contributed by atoms with Crippen molar-refractivity contribution >= 4 is 0 Å². The highest BCUT2D eigenvalue weighted by molar-refractivity contribution is 5.14. The van der Waals surface area contributed by atoms with Crippen LogP contribution in [0.4, 0.5) is 0 Å². The molecule has 2 unspecified atom stereocenters. The van der Waals surface area contributed by atoms with E-state index in [1.807, 2.05) is 0 Å². The van der Waals surface area contributed by atoms with Crippen molar-refractivity contribution in [3.05, 3.63) is 0 Å². The van der Waals surface area contributed by atoms with Gasteiger partial charge in [-0.25, -0.2) is 0 Å². The van der Waals surface area contributed by atoms with Crippen LogP contribution >= 0.6 is 0 Å². The molecule has 0 radical (unpaired) electrons. The van der Waals surface area contributed by atoms with Crippen LogP contribution in [-0.2, 0) is 4.74 Å². The van der Waals surface area contributed by atoms with Gasteiger partial charge in [-0.3, -0.25) is 0 Å². The Balaban J connectivity index is 2.39. The average molecular weight is 271 g/mol. The zero-order chi connectivity index (χ0) is 14.7. The summed E-state index contributed by atoms with van der Waals surface area (Å²) < 4.78 is 5.78. The van der Waals surface area contributed by atoms with Gasteiger partial charge in [0.05, 0.1) is 6.10 Å². The minimum absolute atomic E-state index is 0.0683. The van der Waals surface area contributed by atoms with Crippen LogP contribution < -0.4 is 5.73 Å². The van der Waals surface area contributed by atoms with Gasteiger partial charge < -0.3 is 20.3 Å². The monoisotopic (exact) mass is 271 g/mol. The van der Waals surface area contributed by atoms with Gasteiger partial charge >= 0.3 is 0 Å². The molecule has 1 aliphatic rings. The first-order valence-electron chi connectivity index (χ1n) is 7.46. The highest BCUT2D eigenvalue weighted by Gasteiger charge is 2.58. The van der Waals surface area contributed by atoms with Gasteiger partial charge in [0.2, 0.25) is 0 Å². The number of ether oxygens (including phenoxy) is 1. The second kappa shape index (κ2) is 6.53. The smallest absolute Gasteiger partial charge is 0.0662 e. The summed E-state index contributed by atoms with van der Waals surface area (Å²) in [6.45, 7) is 10.5. The van der Waals surface area contributed by atoms with Crippen LogP contribution in [0.15, 0.2) is 0 Å². The normalized spacial score (nSPS) is 29.8. The van der Waals surface area contributed by atoms with Crippen molar-refractivity contribution in [2.75, 3.05) is 47.4 Å². The molecule has 2 atom stereocenters. The Hall–Kier alpha value is -0.160. The Kier molecular flexibility index (Phi) is 5.80. The minimum Gasteiger partial charge on any atom is -0.378 e. The van der Waals surface area contributed by atoms with Crippen molar-refractivity contribution in [3.8, 4) is 0 Å². The van der Waals surface area contributed by atoms with E-state index in [0.717, 1.165) is 32.7 Å². The number of hydrogen-bond donors (Lipinski definition) is 1. The number of rotatable bonds is 8. The zero-order valence-electron chi connectivity index (χ0n) is 13.7. The van der Waals surface area contributed by atoms with Gasteiger partial charge in [-0.1, -0.05) is 13.8 Å². The van der Waals surface area contributed by atoms with Crippen molar-refractivity contribution < 1.29 is 4.74 Å². The molecule has 1 saturated carbocycles. The molecule has 0 amide bonds. The van der Waals surface area contributed by atoms with Crippen LogP contribution in [-0.4, -0.2) is 68.8 Å². The molecule has 0 aliphatic heterocycles. The largest absolute Gasteiger partial charge is 0.378 e. The van der Waals surface area contributed by atoms with Crippen molar-refractivity contribution in [2.24, 2.45) is 11.1 Å². The fourth-order valence-electron chi connectivity index (χ4n) is 2.99. The predicted molar refractivity (Wildman–Crippen MR) is 81.4 cm³/mol. The molecule has 0 aromatic heterocycles. The van der Waals surface area contributed by atoms with Gasteiger partial charge in [0.15, 0.2) is 0 Å². The van der Waals surface area contributed by atoms with E-state index < -0.39 is 0 Å². The maximum Gasteiger partial charge on any atom is 0.0662 e. The molecule has 0 aromatic carbocycles. The Labute approximate surface area is 119 Å². The lowest BCUT2D eigenvalue weighted by Crippen LogP contribution is -2.73. The molecule has 19 heavy (non-hydrogen) atoms. The molecule has 4 heteroatoms. The summed E-state index contributed by atoms with van der Waals surface area (Å²) in [7, 11) is 6.41. The molecule has 1 fully saturated rings. The van der Waals surface area contributed by atoms with Gasteiger partial charge in [0, 0.05) is 24.1 Å². The van der Waals surface area contributed by atoms with Crippen molar-refractivity contribution in [2.45, 2.75) is 45.3 Å². The van der Waals surface area contributed by atoms with Crippen LogP contribution in [0.25, 0.3) is 0 Å². The zero-order valence-corrected chi connectivity index (χ0v) is 13.7. The molecule has 0 bridgehead atoms. The number of nitrogens with two attached hydrogens (primary N) is 1. The first kappa shape index (κ1) is 16.9. The summed E-state index contributed by atoms with van der Waals surface area (Å²) in [6.07, 6.45) is 2.48. The third-order valence-corrected chi connectivity index (χ3v) is 4.70. The summed E-state index contributed by atoms with van der Waals surface area (Å²) in [4.78, 5) is 4.60. The maximum atomic E-state index is 6.60. The van der Waals surface area contributed by atoms with E-state index in [0.29, 0.717) is 6.10 Å². The minimum atomic E-state index is -0.111. The maximum absolute atomic E-state index is 6.60. The third kappa shape index (κ3) is 3.91. The van der Waals surface area contributed by atoms with Crippen LogP contribution in [0.1, 0.15) is 33.6 Å². The van der Waals surface area contributed by atoms with Crippen molar-refractivity contribution in [1.29, 1.82) is 0 Å². The molecular formula is C15H33N3O. The molecule has 0 spiro atoms. The van der Waals surface area contributed by atoms with Gasteiger partial charge in [-0.05, 0) is 54.0 Å². The summed E-state index contributed by atoms with van der Waals surface area (Å²) in [5, 5.41) is 0. The third-order valence-electron chi connectivity index (χ3n) is 4.70. The lowest BCUT2D eigenvalue weighted by Gasteiger charge is -2.60. The van der Waals surface area contributed by atoms with E-state index in [4.69, 9.17) is 10.5 Å². The summed E-state index contributed by atoms with van der Waals surface area (Å²) in [6, 6.07) is 0. The number of nitrogens with zero attached hydrogens (tertiary/aromatic N) is 2. The highest BCUT2D eigenvalue weighted by atomic mass is 16.5. The Bertz CT molecular complexity index is 281. The lowest BCUT2D eigenvalue weighted by molar-refractivity contribution is -0.155. The van der Waals surface area contributed by atoms with E-state index in [1.54, 1.807) is 0 Å². The van der Waals surface area contributed by atoms with Crippen LogP contribution in [0.2, 0.25) is 0 Å². The molecule has 0 aromatic rings. The molecule has 114 valence electrons. The van der Waals surface area contributed by atoms with Gasteiger partial charge in [0.25, 0.3) is 0 Å². The Morgan fingerprint density at radius 1 is 1.21 bits per heavy atom. The second-order valence-electron chi connectivity index (χ2n) is 6.92. The van der Waals surface area contributed by atoms with E-state index in [-0.39, 0.29) is 11.0 Å². The fourth-order valence-corrected chi connectivity index (χ4v) is 2.99. The van der Waals surface area contributed by atoms with Crippen LogP contribution in [0.5, 0.6) is 0 Å². The van der Waals surface area contributed by atoms with Crippen LogP contribution in [0.3, 0.4) is 0 Å². The summed E-state index contributed by atoms with van der Waals surface area (Å²) in [5.74, 6) is 0. The molecule has 0 heterocycles. The molecule has 1 aliphatic carbocycles. The predicted octanol–water partition coefficient (Wildman–Crippen LogP) is 1.40. The van der Waals surface area contributed by atoms with Gasteiger partial charge in [-0.2, -0.15) is 0 Å². The molecule has 1 rings (SSSR count). The van der Waals surface area contributed by atoms with Gasteiger partial charge in [-0.15, -0.1) is 0 Å². The SMILES string of the molecule is CCOC1CC(N)(CN(C)CCCN(C)C)C1(C)C. The van der Waals surface area contributed by atoms with Gasteiger partial charge in [0.1, 0.15) is 0 Å². The quantitative estimate of drug-likeness (QED) is 0.725. The lowest BCUT2D eigenvalue weighted by atomic mass is 9.54. The van der Waals surface area contributed by atoms with E-state index in [9.17, 15) is 0 Å². The molecular weight excluding hydrogens is 238 g/mol. The second-order valence-corrected chi connectivity index (χ2v) is 6.92. The van der Waals surface area contributed by atoms with E-state index >= 15 is 0 Å². The number of hydrogen-bond acceptors (Lipinski definition) is 4. The molecule has 0 saturated heterocycles. The first-order valence-corrected chi connectivity index (χ1v) is 7.46. The first-order chi connectivity index (χ1) is 8.73. The standard InChI is InChI=1S/C15H33N3O/c1-7-19-13-11-15(16,14(13,2)3)12-18(6)10-8-9-17(4)5/h13H,7-12,16H2,1-6H3. The molecule has 2 N–H and O–H groups in total. The van der Waals surface area contributed by atoms with E-state index in [1.165, 1.54) is 6.42 Å². The number of likely N-dealkylation sites (N-methyl/N-ethyl adjacent to an activating group) is 1. The van der Waals surface area contributed by atoms with E-state index in [2.05, 4.69) is 51.7 Å². The van der Waals surface area contributed by atoms with Crippen molar-refractivity contribution in [1.82, 2.24) is 9.80 Å².